The van der Waals surface area contributed by atoms with Crippen LogP contribution in [0.1, 0.15) is 39.2 Å². The summed E-state index contributed by atoms with van der Waals surface area (Å²) in [6.45, 7) is 1.68. The fourth-order valence-electron chi connectivity index (χ4n) is 3.06. The maximum Gasteiger partial charge on any atom is 0.271 e. The Labute approximate surface area is 194 Å². The van der Waals surface area contributed by atoms with Gasteiger partial charge in [-0.15, -0.1) is 0 Å². The molecule has 34 heavy (non-hydrogen) atoms. The Morgan fingerprint density at radius 2 is 1.56 bits per heavy atom. The Morgan fingerprint density at radius 3 is 2.12 bits per heavy atom. The fraction of sp³-hybridized carbons (Fsp3) is 0.130. The molecule has 0 spiro atoms. The molecule has 2 amide bonds. The molecule has 3 aromatic rings. The summed E-state index contributed by atoms with van der Waals surface area (Å²) in [5.41, 5.74) is 0.762. The molecule has 9 nitrogen and oxygen atoms in total. The first-order chi connectivity index (χ1) is 15.9. The molecular formula is C23H20FN3O6S. The highest BCUT2D eigenvalue weighted by atomic mass is 32.2. The standard InChI is InChI=1S/C23H20FN3O6S/c1-14(25-23(29)17-11-20(27(30)31)13-21(12-17)34(2,32)33)15-5-9-19(10-6-15)26-22(28)16-3-7-18(24)8-4-16/h3-14H,1-2H3,(H,25,29)(H,26,28). The number of nitro benzene ring substituents is 1. The molecule has 0 aliphatic carbocycles. The van der Waals surface area contributed by atoms with Crippen molar-refractivity contribution in [2.45, 2.75) is 17.9 Å². The number of carbonyl (C=O) groups is 2. The largest absolute Gasteiger partial charge is 0.346 e. The molecule has 11 heteroatoms. The molecule has 0 aliphatic heterocycles. The van der Waals surface area contributed by atoms with E-state index in [9.17, 15) is 32.5 Å². The summed E-state index contributed by atoms with van der Waals surface area (Å²) < 4.78 is 36.7. The third-order valence-corrected chi connectivity index (χ3v) is 6.01. The van der Waals surface area contributed by atoms with Gasteiger partial charge in [-0.3, -0.25) is 19.7 Å². The van der Waals surface area contributed by atoms with Crippen molar-refractivity contribution in [3.05, 3.63) is 99.4 Å². The lowest BCUT2D eigenvalue weighted by Crippen LogP contribution is -2.27. The number of anilines is 1. The van der Waals surface area contributed by atoms with Gasteiger partial charge in [-0.1, -0.05) is 12.1 Å². The van der Waals surface area contributed by atoms with Gasteiger partial charge in [0.15, 0.2) is 9.84 Å². The fourth-order valence-corrected chi connectivity index (χ4v) is 3.73. The van der Waals surface area contributed by atoms with Gasteiger partial charge in [0.1, 0.15) is 5.82 Å². The zero-order chi connectivity index (χ0) is 25.0. The summed E-state index contributed by atoms with van der Waals surface area (Å²) >= 11 is 0. The lowest BCUT2D eigenvalue weighted by Gasteiger charge is -2.15. The summed E-state index contributed by atoms with van der Waals surface area (Å²) in [6, 6.07) is 14.1. The number of amides is 2. The number of carbonyl (C=O) groups excluding carboxylic acids is 2. The van der Waals surface area contributed by atoms with Crippen molar-refractivity contribution in [2.24, 2.45) is 0 Å². The zero-order valence-electron chi connectivity index (χ0n) is 18.1. The summed E-state index contributed by atoms with van der Waals surface area (Å²) in [4.78, 5) is 34.9. The number of hydrogen-bond donors (Lipinski definition) is 2. The monoisotopic (exact) mass is 485 g/mol. The number of rotatable bonds is 7. The van der Waals surface area contributed by atoms with Crippen molar-refractivity contribution in [1.29, 1.82) is 0 Å². The van der Waals surface area contributed by atoms with Crippen molar-refractivity contribution < 1.29 is 27.3 Å². The molecule has 3 rings (SSSR count). The number of nitrogens with one attached hydrogen (secondary N) is 2. The van der Waals surface area contributed by atoms with Crippen LogP contribution < -0.4 is 10.6 Å². The van der Waals surface area contributed by atoms with Crippen LogP contribution in [0.4, 0.5) is 15.8 Å². The van der Waals surface area contributed by atoms with Crippen LogP contribution in [0.2, 0.25) is 0 Å². The van der Waals surface area contributed by atoms with E-state index >= 15 is 0 Å². The van der Waals surface area contributed by atoms with Crippen LogP contribution in [-0.2, 0) is 9.84 Å². The van der Waals surface area contributed by atoms with E-state index in [1.54, 1.807) is 31.2 Å². The molecule has 0 saturated carbocycles. The van der Waals surface area contributed by atoms with Gasteiger partial charge >= 0.3 is 0 Å². The molecular weight excluding hydrogens is 465 g/mol. The third-order valence-electron chi connectivity index (χ3n) is 4.92. The van der Waals surface area contributed by atoms with E-state index in [1.165, 1.54) is 24.3 Å². The Hall–Kier alpha value is -4.12. The van der Waals surface area contributed by atoms with E-state index in [1.807, 2.05) is 0 Å². The maximum atomic E-state index is 13.0. The highest BCUT2D eigenvalue weighted by molar-refractivity contribution is 7.90. The van der Waals surface area contributed by atoms with Crippen LogP contribution in [0.15, 0.2) is 71.6 Å². The summed E-state index contributed by atoms with van der Waals surface area (Å²) in [6.07, 6.45) is 0.896. The predicted molar refractivity (Wildman–Crippen MR) is 123 cm³/mol. The van der Waals surface area contributed by atoms with E-state index in [4.69, 9.17) is 0 Å². The summed E-state index contributed by atoms with van der Waals surface area (Å²) in [5, 5.41) is 16.5. The van der Waals surface area contributed by atoms with Gasteiger partial charge in [0, 0.05) is 35.2 Å². The number of sulfone groups is 1. The average molecular weight is 485 g/mol. The predicted octanol–water partition coefficient (Wildman–Crippen LogP) is 3.88. The van der Waals surface area contributed by atoms with Gasteiger partial charge in [0.25, 0.3) is 17.5 Å². The quantitative estimate of drug-likeness (QED) is 0.385. The van der Waals surface area contributed by atoms with Crippen LogP contribution in [0.3, 0.4) is 0 Å². The van der Waals surface area contributed by atoms with E-state index in [0.29, 0.717) is 11.3 Å². The first-order valence-electron chi connectivity index (χ1n) is 9.91. The van der Waals surface area contributed by atoms with Crippen molar-refractivity contribution in [3.8, 4) is 0 Å². The lowest BCUT2D eigenvalue weighted by molar-refractivity contribution is -0.385. The molecule has 0 saturated heterocycles. The highest BCUT2D eigenvalue weighted by Crippen LogP contribution is 2.22. The van der Waals surface area contributed by atoms with Crippen molar-refractivity contribution in [2.75, 3.05) is 11.6 Å². The molecule has 0 fully saturated rings. The first-order valence-corrected chi connectivity index (χ1v) is 11.8. The zero-order valence-corrected chi connectivity index (χ0v) is 18.9. The van der Waals surface area contributed by atoms with Crippen LogP contribution in [0, 0.1) is 15.9 Å². The number of hydrogen-bond acceptors (Lipinski definition) is 6. The number of benzene rings is 3. The summed E-state index contributed by atoms with van der Waals surface area (Å²) in [5.74, 6) is -1.55. The second kappa shape index (κ2) is 9.79. The van der Waals surface area contributed by atoms with E-state index in [-0.39, 0.29) is 16.0 Å². The molecule has 1 atom stereocenters. The van der Waals surface area contributed by atoms with Crippen LogP contribution in [0.25, 0.3) is 0 Å². The van der Waals surface area contributed by atoms with E-state index < -0.39 is 44.1 Å². The van der Waals surface area contributed by atoms with Crippen molar-refractivity contribution in [1.82, 2.24) is 5.32 Å². The SMILES string of the molecule is CC(NC(=O)c1cc([N+](=O)[O-])cc(S(C)(=O)=O)c1)c1ccc(NC(=O)c2ccc(F)cc2)cc1. The molecule has 0 heterocycles. The minimum atomic E-state index is -3.77. The molecule has 2 N–H and O–H groups in total. The van der Waals surface area contributed by atoms with Crippen LogP contribution in [-0.4, -0.2) is 31.4 Å². The molecule has 1 unspecified atom stereocenters. The number of halogens is 1. The molecule has 0 radical (unpaired) electrons. The Kier molecular flexibility index (Phi) is 7.06. The van der Waals surface area contributed by atoms with Crippen LogP contribution >= 0.6 is 0 Å². The molecule has 0 aliphatic rings. The molecule has 0 bridgehead atoms. The van der Waals surface area contributed by atoms with Gasteiger partial charge < -0.3 is 10.6 Å². The van der Waals surface area contributed by atoms with Gasteiger partial charge in [-0.2, -0.15) is 0 Å². The van der Waals surface area contributed by atoms with Crippen molar-refractivity contribution >= 4 is 33.0 Å². The molecule has 3 aromatic carbocycles. The van der Waals surface area contributed by atoms with Crippen LogP contribution in [0.5, 0.6) is 0 Å². The second-order valence-electron chi connectivity index (χ2n) is 7.52. The number of nitro groups is 1. The minimum absolute atomic E-state index is 0.162. The molecule has 0 aromatic heterocycles. The second-order valence-corrected chi connectivity index (χ2v) is 9.54. The number of non-ortho nitro benzene ring substituents is 1. The van der Waals surface area contributed by atoms with Crippen molar-refractivity contribution in [3.63, 3.8) is 0 Å². The first kappa shape index (κ1) is 24.5. The van der Waals surface area contributed by atoms with E-state index in [0.717, 1.165) is 24.5 Å². The van der Waals surface area contributed by atoms with E-state index in [2.05, 4.69) is 10.6 Å². The van der Waals surface area contributed by atoms with Gasteiger partial charge in [0.2, 0.25) is 0 Å². The maximum absolute atomic E-state index is 13.0. The minimum Gasteiger partial charge on any atom is -0.346 e. The third kappa shape index (κ3) is 6.01. The Bertz CT molecular complexity index is 1360. The smallest absolute Gasteiger partial charge is 0.271 e. The normalized spacial score (nSPS) is 12.0. The van der Waals surface area contributed by atoms with Gasteiger partial charge in [-0.25, -0.2) is 12.8 Å². The average Bonchev–Trinajstić information content (AvgIpc) is 2.79. The topological polar surface area (TPSA) is 135 Å². The summed E-state index contributed by atoms with van der Waals surface area (Å²) in [7, 11) is -3.77. The highest BCUT2D eigenvalue weighted by Gasteiger charge is 2.20. The lowest BCUT2D eigenvalue weighted by atomic mass is 10.1. The molecule has 176 valence electrons. The Balaban J connectivity index is 1.72. The Morgan fingerprint density at radius 1 is 0.941 bits per heavy atom. The number of nitrogens with zero attached hydrogens (tertiary/aromatic N) is 1. The van der Waals surface area contributed by atoms with Gasteiger partial charge in [-0.05, 0) is 55.0 Å². The van der Waals surface area contributed by atoms with Gasteiger partial charge in [0.05, 0.1) is 15.9 Å².